The summed E-state index contributed by atoms with van der Waals surface area (Å²) in [7, 11) is 0. The predicted octanol–water partition coefficient (Wildman–Crippen LogP) is 1.57. The van der Waals surface area contributed by atoms with E-state index in [2.05, 4.69) is 5.32 Å². The average molecular weight is 319 g/mol. The van der Waals surface area contributed by atoms with Gasteiger partial charge in [0.1, 0.15) is 13.2 Å². The quantitative estimate of drug-likeness (QED) is 0.860. The maximum Gasteiger partial charge on any atom is 0.307 e. The summed E-state index contributed by atoms with van der Waals surface area (Å²) >= 11 is 0. The van der Waals surface area contributed by atoms with Crippen LogP contribution < -0.4 is 14.8 Å². The monoisotopic (exact) mass is 319 g/mol. The molecule has 1 amide bonds. The fraction of sp³-hybridized carbons (Fsp3) is 0.529. The van der Waals surface area contributed by atoms with E-state index < -0.39 is 11.9 Å². The van der Waals surface area contributed by atoms with Crippen molar-refractivity contribution in [3.05, 3.63) is 23.8 Å². The number of hydrogen-bond donors (Lipinski definition) is 2. The fourth-order valence-electron chi connectivity index (χ4n) is 2.76. The number of ether oxygens (including phenoxy) is 2. The molecule has 3 rings (SSSR count). The van der Waals surface area contributed by atoms with Gasteiger partial charge in [-0.15, -0.1) is 0 Å². The summed E-state index contributed by atoms with van der Waals surface area (Å²) in [5, 5.41) is 11.8. The van der Waals surface area contributed by atoms with Gasteiger partial charge in [-0.1, -0.05) is 19.9 Å². The first-order valence-electron chi connectivity index (χ1n) is 7.79. The van der Waals surface area contributed by atoms with E-state index in [0.717, 1.165) is 17.1 Å². The Morgan fingerprint density at radius 2 is 1.91 bits per heavy atom. The third kappa shape index (κ3) is 3.25. The zero-order chi connectivity index (χ0) is 16.6. The Hall–Kier alpha value is -2.24. The van der Waals surface area contributed by atoms with E-state index in [1.807, 2.05) is 32.0 Å². The van der Waals surface area contributed by atoms with Gasteiger partial charge >= 0.3 is 5.97 Å². The van der Waals surface area contributed by atoms with Gasteiger partial charge in [0.15, 0.2) is 11.5 Å². The Balaban J connectivity index is 1.63. The highest BCUT2D eigenvalue weighted by molar-refractivity contribution is 5.89. The molecule has 6 heteroatoms. The summed E-state index contributed by atoms with van der Waals surface area (Å²) < 4.78 is 11.1. The highest BCUT2D eigenvalue weighted by Gasteiger charge is 2.48. The molecule has 2 N–H and O–H groups in total. The molecule has 2 atom stereocenters. The molecule has 1 aliphatic carbocycles. The van der Waals surface area contributed by atoms with Crippen LogP contribution in [0.5, 0.6) is 11.5 Å². The number of aliphatic carboxylic acids is 1. The first-order valence-corrected chi connectivity index (χ1v) is 7.79. The van der Waals surface area contributed by atoms with E-state index in [4.69, 9.17) is 14.6 Å². The van der Waals surface area contributed by atoms with Crippen LogP contribution in [0.3, 0.4) is 0 Å². The normalized spacial score (nSPS) is 22.3. The molecule has 6 nitrogen and oxygen atoms in total. The van der Waals surface area contributed by atoms with Crippen molar-refractivity contribution in [1.82, 2.24) is 5.32 Å². The molecule has 0 unspecified atom stereocenters. The van der Waals surface area contributed by atoms with E-state index in [1.165, 1.54) is 0 Å². The number of carboxylic acid groups (broad SMARTS) is 1. The van der Waals surface area contributed by atoms with Crippen LogP contribution >= 0.6 is 0 Å². The van der Waals surface area contributed by atoms with Crippen molar-refractivity contribution in [2.45, 2.75) is 25.7 Å². The van der Waals surface area contributed by atoms with E-state index in [0.29, 0.717) is 26.2 Å². The smallest absolute Gasteiger partial charge is 0.307 e. The van der Waals surface area contributed by atoms with Crippen LogP contribution in [-0.4, -0.2) is 36.7 Å². The molecule has 1 aromatic rings. The third-order valence-electron chi connectivity index (χ3n) is 4.47. The van der Waals surface area contributed by atoms with Crippen LogP contribution in [-0.2, 0) is 15.0 Å². The molecule has 2 aliphatic rings. The molecular formula is C17H21NO5. The lowest BCUT2D eigenvalue weighted by Crippen LogP contribution is -2.38. The molecule has 0 spiro atoms. The van der Waals surface area contributed by atoms with Crippen LogP contribution in [0.25, 0.3) is 0 Å². The number of benzene rings is 1. The van der Waals surface area contributed by atoms with Gasteiger partial charge in [-0.3, -0.25) is 9.59 Å². The lowest BCUT2D eigenvalue weighted by atomic mass is 9.84. The highest BCUT2D eigenvalue weighted by atomic mass is 16.6. The summed E-state index contributed by atoms with van der Waals surface area (Å²) in [5.41, 5.74) is 0.742. The number of carbonyl (C=O) groups is 2. The number of carbonyl (C=O) groups excluding carboxylic acids is 1. The number of hydrogen-bond acceptors (Lipinski definition) is 4. The van der Waals surface area contributed by atoms with Crippen molar-refractivity contribution in [2.24, 2.45) is 11.8 Å². The second-order valence-corrected chi connectivity index (χ2v) is 6.75. The Labute approximate surface area is 134 Å². The Morgan fingerprint density at radius 3 is 2.57 bits per heavy atom. The third-order valence-corrected chi connectivity index (χ3v) is 4.47. The largest absolute Gasteiger partial charge is 0.486 e. The van der Waals surface area contributed by atoms with Gasteiger partial charge in [0.05, 0.1) is 11.8 Å². The molecule has 0 radical (unpaired) electrons. The van der Waals surface area contributed by atoms with Crippen molar-refractivity contribution in [1.29, 1.82) is 0 Å². The van der Waals surface area contributed by atoms with E-state index in [9.17, 15) is 9.59 Å². The minimum Gasteiger partial charge on any atom is -0.486 e. The maximum atomic E-state index is 12.0. The van der Waals surface area contributed by atoms with Gasteiger partial charge in [0.2, 0.25) is 5.91 Å². The second kappa shape index (κ2) is 5.76. The van der Waals surface area contributed by atoms with Gasteiger partial charge in [-0.2, -0.15) is 0 Å². The second-order valence-electron chi connectivity index (χ2n) is 6.75. The number of amides is 1. The van der Waals surface area contributed by atoms with Gasteiger partial charge < -0.3 is 19.9 Å². The summed E-state index contributed by atoms with van der Waals surface area (Å²) in [6, 6.07) is 5.80. The Morgan fingerprint density at radius 1 is 1.22 bits per heavy atom. The van der Waals surface area contributed by atoms with E-state index in [1.54, 1.807) is 0 Å². The molecule has 1 aromatic carbocycles. The van der Waals surface area contributed by atoms with E-state index in [-0.39, 0.29) is 17.2 Å². The topological polar surface area (TPSA) is 84.9 Å². The summed E-state index contributed by atoms with van der Waals surface area (Å²) in [4.78, 5) is 22.8. The van der Waals surface area contributed by atoms with Crippen LogP contribution in [0.1, 0.15) is 25.8 Å². The van der Waals surface area contributed by atoms with Crippen molar-refractivity contribution in [2.75, 3.05) is 19.8 Å². The van der Waals surface area contributed by atoms with Gasteiger partial charge in [0.25, 0.3) is 0 Å². The highest BCUT2D eigenvalue weighted by Crippen LogP contribution is 2.39. The van der Waals surface area contributed by atoms with Crippen LogP contribution in [0, 0.1) is 11.8 Å². The van der Waals surface area contributed by atoms with Gasteiger partial charge in [-0.25, -0.2) is 0 Å². The van der Waals surface area contributed by atoms with Crippen molar-refractivity contribution >= 4 is 11.9 Å². The number of fused-ring (bicyclic) bond motifs is 1. The lowest BCUT2D eigenvalue weighted by molar-refractivity contribution is -0.140. The van der Waals surface area contributed by atoms with Crippen molar-refractivity contribution in [3.8, 4) is 11.5 Å². The summed E-state index contributed by atoms with van der Waals surface area (Å²) in [5.74, 6) is -0.515. The van der Waals surface area contributed by atoms with E-state index >= 15 is 0 Å². The standard InChI is InChI=1S/C17H21NO5/c1-17(2,9-18-15(19)11-8-12(11)16(20)21)10-3-4-13-14(7-10)23-6-5-22-13/h3-4,7,11-12H,5-6,8-9H2,1-2H3,(H,18,19)(H,20,21)/t11-,12+/m0/s1. The molecule has 1 aliphatic heterocycles. The molecule has 0 aromatic heterocycles. The number of rotatable bonds is 5. The molecular weight excluding hydrogens is 298 g/mol. The molecule has 1 heterocycles. The fourth-order valence-corrected chi connectivity index (χ4v) is 2.76. The van der Waals surface area contributed by atoms with Crippen LogP contribution in [0.15, 0.2) is 18.2 Å². The average Bonchev–Trinajstić information content (AvgIpc) is 3.33. The number of nitrogens with one attached hydrogen (secondary N) is 1. The zero-order valence-corrected chi connectivity index (χ0v) is 13.3. The van der Waals surface area contributed by atoms with Crippen molar-refractivity contribution in [3.63, 3.8) is 0 Å². The minimum atomic E-state index is -0.892. The molecule has 0 bridgehead atoms. The molecule has 23 heavy (non-hydrogen) atoms. The predicted molar refractivity (Wildman–Crippen MR) is 82.7 cm³/mol. The molecule has 0 saturated heterocycles. The summed E-state index contributed by atoms with van der Waals surface area (Å²) in [6.07, 6.45) is 0.436. The molecule has 124 valence electrons. The van der Waals surface area contributed by atoms with Crippen LogP contribution in [0.2, 0.25) is 0 Å². The Kier molecular flexibility index (Phi) is 3.92. The molecule has 1 saturated carbocycles. The van der Waals surface area contributed by atoms with Crippen molar-refractivity contribution < 1.29 is 24.2 Å². The summed E-state index contributed by atoms with van der Waals surface area (Å²) in [6.45, 7) is 5.58. The zero-order valence-electron chi connectivity index (χ0n) is 13.3. The Bertz CT molecular complexity index is 640. The maximum absolute atomic E-state index is 12.0. The SMILES string of the molecule is CC(C)(CNC(=O)[C@H]1C[C@H]1C(=O)O)c1ccc2c(c1)OCCO2. The first-order chi connectivity index (χ1) is 10.9. The number of carboxylic acids is 1. The molecule has 1 fully saturated rings. The van der Waals surface area contributed by atoms with Crippen LogP contribution in [0.4, 0.5) is 0 Å². The lowest BCUT2D eigenvalue weighted by Gasteiger charge is -2.28. The minimum absolute atomic E-state index is 0.178. The van der Waals surface area contributed by atoms with Gasteiger partial charge in [-0.05, 0) is 24.1 Å². The van der Waals surface area contributed by atoms with Gasteiger partial charge in [0, 0.05) is 12.0 Å². The first kappa shape index (κ1) is 15.6.